The third-order valence-corrected chi connectivity index (χ3v) is 2.53. The first-order chi connectivity index (χ1) is 7.03. The molecule has 1 heterocycles. The molecule has 15 heavy (non-hydrogen) atoms. The van der Waals surface area contributed by atoms with Crippen molar-refractivity contribution in [1.29, 1.82) is 0 Å². The Bertz CT molecular complexity index is 232. The van der Waals surface area contributed by atoms with E-state index in [1.54, 1.807) is 0 Å². The second-order valence-corrected chi connectivity index (χ2v) is 4.51. The van der Waals surface area contributed by atoms with Gasteiger partial charge in [0.1, 0.15) is 0 Å². The molecule has 1 aliphatic heterocycles. The Labute approximate surface area is 92.7 Å². The minimum atomic E-state index is -0.423. The van der Waals surface area contributed by atoms with Crippen molar-refractivity contribution in [1.82, 2.24) is 4.90 Å². The highest BCUT2D eigenvalue weighted by atomic mass is 16.7. The van der Waals surface area contributed by atoms with E-state index < -0.39 is 5.79 Å². The molecule has 1 fully saturated rings. The van der Waals surface area contributed by atoms with Gasteiger partial charge in [-0.2, -0.15) is 0 Å². The fourth-order valence-electron chi connectivity index (χ4n) is 1.73. The van der Waals surface area contributed by atoms with Crippen LogP contribution in [0.25, 0.3) is 0 Å². The summed E-state index contributed by atoms with van der Waals surface area (Å²) < 4.78 is 11.3. The molecule has 0 N–H and O–H groups in total. The highest BCUT2D eigenvalue weighted by molar-refractivity contribution is 4.87. The van der Waals surface area contributed by atoms with E-state index in [9.17, 15) is 0 Å². The molecule has 0 aromatic rings. The molecule has 0 amide bonds. The fraction of sp³-hybridized carbons (Fsp3) is 0.833. The zero-order valence-corrected chi connectivity index (χ0v) is 9.95. The van der Waals surface area contributed by atoms with Gasteiger partial charge in [0, 0.05) is 6.54 Å². The van der Waals surface area contributed by atoms with Crippen LogP contribution in [-0.2, 0) is 9.47 Å². The molecule has 0 bridgehead atoms. The van der Waals surface area contributed by atoms with Gasteiger partial charge in [0.2, 0.25) is 0 Å². The summed E-state index contributed by atoms with van der Waals surface area (Å²) in [7, 11) is 2.03. The van der Waals surface area contributed by atoms with Crippen LogP contribution in [0.1, 0.15) is 26.7 Å². The second kappa shape index (κ2) is 5.50. The summed E-state index contributed by atoms with van der Waals surface area (Å²) >= 11 is 0. The van der Waals surface area contributed by atoms with Crippen LogP contribution in [0.2, 0.25) is 0 Å². The maximum Gasteiger partial charge on any atom is 0.163 e. The monoisotopic (exact) mass is 211 g/mol. The lowest BCUT2D eigenvalue weighted by Gasteiger charge is -2.36. The van der Waals surface area contributed by atoms with Crippen LogP contribution in [-0.4, -0.2) is 43.5 Å². The van der Waals surface area contributed by atoms with E-state index >= 15 is 0 Å². The number of rotatable bonds is 4. The summed E-state index contributed by atoms with van der Waals surface area (Å²) in [5, 5.41) is 0. The van der Waals surface area contributed by atoms with E-state index in [0.717, 1.165) is 26.0 Å². The third-order valence-electron chi connectivity index (χ3n) is 2.53. The van der Waals surface area contributed by atoms with Gasteiger partial charge in [0.15, 0.2) is 5.79 Å². The summed E-state index contributed by atoms with van der Waals surface area (Å²) in [5.41, 5.74) is 0. The zero-order valence-electron chi connectivity index (χ0n) is 9.95. The van der Waals surface area contributed by atoms with Crippen molar-refractivity contribution in [2.45, 2.75) is 38.6 Å². The van der Waals surface area contributed by atoms with Crippen molar-refractivity contribution >= 4 is 0 Å². The first kappa shape index (κ1) is 12.5. The van der Waals surface area contributed by atoms with Crippen LogP contribution >= 0.6 is 0 Å². The Morgan fingerprint density at radius 3 is 2.87 bits per heavy atom. The van der Waals surface area contributed by atoms with Crippen molar-refractivity contribution in [3.63, 3.8) is 0 Å². The predicted molar refractivity (Wildman–Crippen MR) is 60.5 cm³/mol. The van der Waals surface area contributed by atoms with Crippen LogP contribution < -0.4 is 0 Å². The number of nitrogens with zero attached hydrogens (tertiary/aromatic N) is 1. The predicted octanol–water partition coefficient (Wildman–Crippen LogP) is 1.48. The van der Waals surface area contributed by atoms with Crippen LogP contribution in [0, 0.1) is 12.3 Å². The smallest absolute Gasteiger partial charge is 0.163 e. The Kier molecular flexibility index (Phi) is 4.59. The quantitative estimate of drug-likeness (QED) is 0.657. The van der Waals surface area contributed by atoms with Crippen molar-refractivity contribution in [3.8, 4) is 12.3 Å². The third kappa shape index (κ3) is 4.65. The maximum absolute atomic E-state index is 5.80. The molecule has 0 saturated carbocycles. The highest BCUT2D eigenvalue weighted by Crippen LogP contribution is 2.23. The first-order valence-corrected chi connectivity index (χ1v) is 5.47. The lowest BCUT2D eigenvalue weighted by Crippen LogP contribution is -2.40. The summed E-state index contributed by atoms with van der Waals surface area (Å²) in [6.07, 6.45) is 7.54. The molecular weight excluding hydrogens is 190 g/mol. The van der Waals surface area contributed by atoms with E-state index in [0.29, 0.717) is 12.6 Å². The number of hydrogen-bond donors (Lipinski definition) is 0. The molecule has 1 rings (SSSR count). The van der Waals surface area contributed by atoms with Crippen LogP contribution in [0.4, 0.5) is 0 Å². The van der Waals surface area contributed by atoms with Crippen LogP contribution in [0.5, 0.6) is 0 Å². The van der Waals surface area contributed by atoms with E-state index in [-0.39, 0.29) is 0 Å². The van der Waals surface area contributed by atoms with Crippen molar-refractivity contribution < 1.29 is 9.47 Å². The summed E-state index contributed by atoms with van der Waals surface area (Å²) in [5.74, 6) is 2.21. The second-order valence-electron chi connectivity index (χ2n) is 4.51. The van der Waals surface area contributed by atoms with Crippen molar-refractivity contribution in [3.05, 3.63) is 0 Å². The van der Waals surface area contributed by atoms with Crippen LogP contribution in [0.3, 0.4) is 0 Å². The van der Waals surface area contributed by atoms with Gasteiger partial charge in [-0.15, -0.1) is 6.42 Å². The van der Waals surface area contributed by atoms with Gasteiger partial charge in [-0.05, 0) is 33.7 Å². The average molecular weight is 211 g/mol. The molecule has 86 valence electrons. The van der Waals surface area contributed by atoms with Crippen molar-refractivity contribution in [2.75, 3.05) is 26.7 Å². The molecule has 1 saturated heterocycles. The van der Waals surface area contributed by atoms with E-state index in [1.165, 1.54) is 0 Å². The van der Waals surface area contributed by atoms with Gasteiger partial charge >= 0.3 is 0 Å². The van der Waals surface area contributed by atoms with Gasteiger partial charge in [-0.3, -0.25) is 4.90 Å². The molecule has 0 spiro atoms. The Morgan fingerprint density at radius 2 is 2.27 bits per heavy atom. The topological polar surface area (TPSA) is 21.7 Å². The minimum Gasteiger partial charge on any atom is -0.350 e. The Morgan fingerprint density at radius 1 is 1.53 bits per heavy atom. The lowest BCUT2D eigenvalue weighted by atomic mass is 10.1. The molecular formula is C12H21NO2. The van der Waals surface area contributed by atoms with E-state index in [4.69, 9.17) is 15.9 Å². The minimum absolute atomic E-state index is 0.300. The van der Waals surface area contributed by atoms with E-state index in [1.807, 2.05) is 20.9 Å². The number of hydrogen-bond acceptors (Lipinski definition) is 3. The van der Waals surface area contributed by atoms with Gasteiger partial charge in [0.25, 0.3) is 0 Å². The average Bonchev–Trinajstić information content (AvgIpc) is 2.14. The molecule has 1 aliphatic rings. The molecule has 0 unspecified atom stereocenters. The molecule has 0 radical (unpaired) electrons. The van der Waals surface area contributed by atoms with Gasteiger partial charge in [0.05, 0.1) is 19.3 Å². The molecule has 0 aromatic heterocycles. The van der Waals surface area contributed by atoms with E-state index in [2.05, 4.69) is 10.8 Å². The van der Waals surface area contributed by atoms with Gasteiger partial charge in [-0.25, -0.2) is 0 Å². The molecule has 3 heteroatoms. The van der Waals surface area contributed by atoms with Gasteiger partial charge < -0.3 is 9.47 Å². The Balaban J connectivity index is 2.24. The molecule has 0 aromatic carbocycles. The number of terminal acetylenes is 1. The molecule has 3 nitrogen and oxygen atoms in total. The standard InChI is InChI=1S/C12H21NO2/c1-5-8-13(4)9-6-11-7-10-14-12(2,3)15-11/h1,11H,6-10H2,2-4H3/t11-/m0/s1. The summed E-state index contributed by atoms with van der Waals surface area (Å²) in [6.45, 7) is 6.39. The van der Waals surface area contributed by atoms with Gasteiger partial charge in [-0.1, -0.05) is 5.92 Å². The largest absolute Gasteiger partial charge is 0.350 e. The molecule has 1 atom stereocenters. The lowest BCUT2D eigenvalue weighted by molar-refractivity contribution is -0.274. The first-order valence-electron chi connectivity index (χ1n) is 5.47. The summed E-state index contributed by atoms with van der Waals surface area (Å²) in [6, 6.07) is 0. The Hall–Kier alpha value is -0.560. The summed E-state index contributed by atoms with van der Waals surface area (Å²) in [4.78, 5) is 2.13. The maximum atomic E-state index is 5.80. The fourth-order valence-corrected chi connectivity index (χ4v) is 1.73. The number of ether oxygens (including phenoxy) is 2. The zero-order chi connectivity index (χ0) is 11.3. The highest BCUT2D eigenvalue weighted by Gasteiger charge is 2.28. The normalized spacial score (nSPS) is 25.1. The SMILES string of the molecule is C#CCN(C)CC[C@H]1CCOC(C)(C)O1. The van der Waals surface area contributed by atoms with Crippen LogP contribution in [0.15, 0.2) is 0 Å². The molecule has 0 aliphatic carbocycles. The van der Waals surface area contributed by atoms with Crippen molar-refractivity contribution in [2.24, 2.45) is 0 Å².